The maximum Gasteiger partial charge on any atom is 0.125 e. The third kappa shape index (κ3) is 2.05. The second-order valence-electron chi connectivity index (χ2n) is 4.41. The highest BCUT2D eigenvalue weighted by Crippen LogP contribution is 2.33. The van der Waals surface area contributed by atoms with Crippen molar-refractivity contribution in [1.82, 2.24) is 9.88 Å². The van der Waals surface area contributed by atoms with Crippen LogP contribution in [-0.2, 0) is 0 Å². The predicted molar refractivity (Wildman–Crippen MR) is 67.7 cm³/mol. The molecule has 1 saturated heterocycles. The molecule has 3 heteroatoms. The molecule has 0 spiro atoms. The van der Waals surface area contributed by atoms with E-state index in [1.165, 1.54) is 24.9 Å². The van der Waals surface area contributed by atoms with Gasteiger partial charge in [0.25, 0.3) is 0 Å². The molecule has 0 bridgehead atoms. The van der Waals surface area contributed by atoms with E-state index in [2.05, 4.69) is 41.2 Å². The first-order chi connectivity index (χ1) is 7.76. The maximum atomic E-state index is 4.57. The molecule has 1 aromatic heterocycles. The summed E-state index contributed by atoms with van der Waals surface area (Å²) in [5.41, 5.74) is 2.57. The van der Waals surface area contributed by atoms with Gasteiger partial charge in [0, 0.05) is 18.8 Å². The summed E-state index contributed by atoms with van der Waals surface area (Å²) in [5.74, 6) is 0.960. The molecular formula is C13H21N3. The number of pyridine rings is 1. The number of aryl methyl sites for hydroxylation is 1. The summed E-state index contributed by atoms with van der Waals surface area (Å²) in [6.45, 7) is 6.72. The van der Waals surface area contributed by atoms with Crippen LogP contribution in [-0.4, -0.2) is 30.0 Å². The molecule has 88 valence electrons. The van der Waals surface area contributed by atoms with Crippen LogP contribution in [0.3, 0.4) is 0 Å². The second-order valence-corrected chi connectivity index (χ2v) is 4.41. The van der Waals surface area contributed by atoms with Crippen LogP contribution in [0.4, 0.5) is 5.82 Å². The van der Waals surface area contributed by atoms with Gasteiger partial charge in [-0.25, -0.2) is 4.98 Å². The van der Waals surface area contributed by atoms with Crippen molar-refractivity contribution in [3.05, 3.63) is 23.4 Å². The highest BCUT2D eigenvalue weighted by molar-refractivity contribution is 5.39. The second kappa shape index (κ2) is 4.83. The third-order valence-electron chi connectivity index (χ3n) is 3.51. The molecule has 0 radical (unpaired) electrons. The Morgan fingerprint density at radius 1 is 1.50 bits per heavy atom. The van der Waals surface area contributed by atoms with E-state index in [4.69, 9.17) is 0 Å². The fourth-order valence-electron chi connectivity index (χ4n) is 2.62. The topological polar surface area (TPSA) is 28.2 Å². The lowest BCUT2D eigenvalue weighted by molar-refractivity contribution is 0.270. The van der Waals surface area contributed by atoms with E-state index in [-0.39, 0.29) is 0 Å². The van der Waals surface area contributed by atoms with Gasteiger partial charge in [-0.15, -0.1) is 0 Å². The minimum atomic E-state index is 0.586. The number of likely N-dealkylation sites (tertiary alicyclic amines) is 1. The molecule has 0 saturated carbocycles. The Balaban J connectivity index is 2.26. The summed E-state index contributed by atoms with van der Waals surface area (Å²) >= 11 is 0. The standard InChI is InChI=1S/C13H21N3/c1-4-16-9-5-6-12(16)11-7-8-13(14-3)15-10(11)2/h7-8,12H,4-6,9H2,1-3H3,(H,14,15). The number of nitrogens with zero attached hydrogens (tertiary/aromatic N) is 2. The molecule has 0 aliphatic carbocycles. The Labute approximate surface area is 97.9 Å². The van der Waals surface area contributed by atoms with Crippen molar-refractivity contribution in [2.45, 2.75) is 32.7 Å². The first-order valence-corrected chi connectivity index (χ1v) is 6.15. The first kappa shape index (κ1) is 11.4. The zero-order chi connectivity index (χ0) is 11.5. The minimum absolute atomic E-state index is 0.586. The Kier molecular flexibility index (Phi) is 3.44. The molecule has 2 heterocycles. The van der Waals surface area contributed by atoms with Gasteiger partial charge in [0.15, 0.2) is 0 Å². The van der Waals surface area contributed by atoms with E-state index in [0.717, 1.165) is 18.1 Å². The van der Waals surface area contributed by atoms with Gasteiger partial charge in [0.1, 0.15) is 5.82 Å². The molecule has 1 atom stereocenters. The largest absolute Gasteiger partial charge is 0.373 e. The van der Waals surface area contributed by atoms with E-state index in [0.29, 0.717) is 6.04 Å². The zero-order valence-corrected chi connectivity index (χ0v) is 10.5. The van der Waals surface area contributed by atoms with Crippen molar-refractivity contribution in [3.8, 4) is 0 Å². The maximum absolute atomic E-state index is 4.57. The lowest BCUT2D eigenvalue weighted by Crippen LogP contribution is -2.23. The van der Waals surface area contributed by atoms with Crippen LogP contribution >= 0.6 is 0 Å². The first-order valence-electron chi connectivity index (χ1n) is 6.15. The van der Waals surface area contributed by atoms with Gasteiger partial charge >= 0.3 is 0 Å². The summed E-state index contributed by atoms with van der Waals surface area (Å²) in [6.07, 6.45) is 2.58. The predicted octanol–water partition coefficient (Wildman–Crippen LogP) is 2.59. The van der Waals surface area contributed by atoms with Crippen LogP contribution < -0.4 is 5.32 Å². The molecule has 1 aromatic rings. The van der Waals surface area contributed by atoms with Gasteiger partial charge in [0.05, 0.1) is 0 Å². The zero-order valence-electron chi connectivity index (χ0n) is 10.5. The molecule has 1 aliphatic heterocycles. The number of nitrogens with one attached hydrogen (secondary N) is 1. The van der Waals surface area contributed by atoms with Gasteiger partial charge in [-0.3, -0.25) is 4.90 Å². The van der Waals surface area contributed by atoms with Crippen molar-refractivity contribution >= 4 is 5.82 Å². The minimum Gasteiger partial charge on any atom is -0.373 e. The third-order valence-corrected chi connectivity index (χ3v) is 3.51. The molecular weight excluding hydrogens is 198 g/mol. The van der Waals surface area contributed by atoms with Crippen LogP contribution in [0.1, 0.15) is 37.1 Å². The van der Waals surface area contributed by atoms with E-state index in [1.54, 1.807) is 0 Å². The number of aromatic nitrogens is 1. The van der Waals surface area contributed by atoms with E-state index in [1.807, 2.05) is 7.05 Å². The molecule has 16 heavy (non-hydrogen) atoms. The summed E-state index contributed by atoms with van der Waals surface area (Å²) in [4.78, 5) is 7.11. The highest BCUT2D eigenvalue weighted by Gasteiger charge is 2.25. The quantitative estimate of drug-likeness (QED) is 0.847. The Morgan fingerprint density at radius 3 is 2.94 bits per heavy atom. The molecule has 2 rings (SSSR count). The fourth-order valence-corrected chi connectivity index (χ4v) is 2.62. The van der Waals surface area contributed by atoms with E-state index in [9.17, 15) is 0 Å². The fraction of sp³-hybridized carbons (Fsp3) is 0.615. The number of rotatable bonds is 3. The average Bonchev–Trinajstić information content (AvgIpc) is 2.76. The number of hydrogen-bond acceptors (Lipinski definition) is 3. The highest BCUT2D eigenvalue weighted by atomic mass is 15.2. The van der Waals surface area contributed by atoms with Crippen molar-refractivity contribution < 1.29 is 0 Å². The van der Waals surface area contributed by atoms with Crippen molar-refractivity contribution in [2.75, 3.05) is 25.5 Å². The molecule has 3 nitrogen and oxygen atoms in total. The van der Waals surface area contributed by atoms with Crippen molar-refractivity contribution in [3.63, 3.8) is 0 Å². The molecule has 0 amide bonds. The van der Waals surface area contributed by atoms with Crippen LogP contribution in [0.25, 0.3) is 0 Å². The molecule has 1 fully saturated rings. The van der Waals surface area contributed by atoms with Gasteiger partial charge in [0.2, 0.25) is 0 Å². The van der Waals surface area contributed by atoms with Crippen molar-refractivity contribution in [2.24, 2.45) is 0 Å². The summed E-state index contributed by atoms with van der Waals surface area (Å²) in [6, 6.07) is 4.89. The smallest absolute Gasteiger partial charge is 0.125 e. The normalized spacial score (nSPS) is 21.3. The van der Waals surface area contributed by atoms with Crippen LogP contribution in [0.15, 0.2) is 12.1 Å². The Morgan fingerprint density at radius 2 is 2.31 bits per heavy atom. The van der Waals surface area contributed by atoms with E-state index >= 15 is 0 Å². The molecule has 1 N–H and O–H groups in total. The van der Waals surface area contributed by atoms with Crippen LogP contribution in [0, 0.1) is 6.92 Å². The average molecular weight is 219 g/mol. The van der Waals surface area contributed by atoms with Gasteiger partial charge in [-0.1, -0.05) is 13.0 Å². The number of anilines is 1. The summed E-state index contributed by atoms with van der Waals surface area (Å²) in [7, 11) is 1.91. The molecule has 1 unspecified atom stereocenters. The van der Waals surface area contributed by atoms with Crippen LogP contribution in [0.2, 0.25) is 0 Å². The van der Waals surface area contributed by atoms with Gasteiger partial charge in [-0.05, 0) is 44.5 Å². The summed E-state index contributed by atoms with van der Waals surface area (Å²) in [5, 5.41) is 3.09. The van der Waals surface area contributed by atoms with E-state index < -0.39 is 0 Å². The van der Waals surface area contributed by atoms with Crippen molar-refractivity contribution in [1.29, 1.82) is 0 Å². The Hall–Kier alpha value is -1.09. The van der Waals surface area contributed by atoms with Crippen LogP contribution in [0.5, 0.6) is 0 Å². The lowest BCUT2D eigenvalue weighted by atomic mass is 10.0. The molecule has 0 aromatic carbocycles. The monoisotopic (exact) mass is 219 g/mol. The molecule has 1 aliphatic rings. The van der Waals surface area contributed by atoms with Gasteiger partial charge in [-0.2, -0.15) is 0 Å². The van der Waals surface area contributed by atoms with Gasteiger partial charge < -0.3 is 5.32 Å². The lowest BCUT2D eigenvalue weighted by Gasteiger charge is -2.24. The summed E-state index contributed by atoms with van der Waals surface area (Å²) < 4.78 is 0. The SMILES string of the molecule is CCN1CCCC1c1ccc(NC)nc1C. The Bertz CT molecular complexity index is 362. The number of hydrogen-bond donors (Lipinski definition) is 1.